The SMILES string of the molecule is Cc1nc(-c2cccc(NC(=O)c3ccc(S(=O)(=O)NC(C)(C)C)o3)c2)n[nH]1. The van der Waals surface area contributed by atoms with Crippen LogP contribution in [-0.2, 0) is 10.0 Å². The summed E-state index contributed by atoms with van der Waals surface area (Å²) in [6, 6.07) is 9.53. The first-order valence-electron chi connectivity index (χ1n) is 8.48. The monoisotopic (exact) mass is 403 g/mol. The average molecular weight is 403 g/mol. The summed E-state index contributed by atoms with van der Waals surface area (Å²) in [4.78, 5) is 16.7. The number of anilines is 1. The molecule has 1 aromatic carbocycles. The van der Waals surface area contributed by atoms with Gasteiger partial charge in [0.2, 0.25) is 5.09 Å². The van der Waals surface area contributed by atoms with E-state index in [0.29, 0.717) is 17.3 Å². The number of nitrogens with zero attached hydrogens (tertiary/aromatic N) is 2. The number of rotatable bonds is 5. The van der Waals surface area contributed by atoms with Crippen molar-refractivity contribution in [3.05, 3.63) is 48.0 Å². The zero-order chi connectivity index (χ0) is 20.5. The van der Waals surface area contributed by atoms with Gasteiger partial charge in [-0.05, 0) is 52.0 Å². The fourth-order valence-corrected chi connectivity index (χ4v) is 3.79. The molecule has 28 heavy (non-hydrogen) atoms. The minimum absolute atomic E-state index is 0.117. The maximum Gasteiger partial charge on any atom is 0.291 e. The molecule has 2 heterocycles. The van der Waals surface area contributed by atoms with Gasteiger partial charge in [-0.1, -0.05) is 12.1 Å². The lowest BCUT2D eigenvalue weighted by Gasteiger charge is -2.18. The Bertz CT molecular complexity index is 1110. The highest BCUT2D eigenvalue weighted by molar-refractivity contribution is 7.89. The van der Waals surface area contributed by atoms with Crippen molar-refractivity contribution in [3.8, 4) is 11.4 Å². The molecule has 2 aromatic heterocycles. The highest BCUT2D eigenvalue weighted by atomic mass is 32.2. The molecule has 0 radical (unpaired) electrons. The Labute approximate surface area is 162 Å². The standard InChI is InChI=1S/C18H21N5O4S/c1-11-19-16(22-21-11)12-6-5-7-13(10-12)20-17(24)14-8-9-15(27-14)28(25,26)23-18(2,3)4/h5-10,23H,1-4H3,(H,20,24)(H,19,21,22). The molecule has 0 saturated heterocycles. The highest BCUT2D eigenvalue weighted by Crippen LogP contribution is 2.21. The van der Waals surface area contributed by atoms with Crippen LogP contribution in [0.5, 0.6) is 0 Å². The molecule has 10 heteroatoms. The molecular formula is C18H21N5O4S. The van der Waals surface area contributed by atoms with Crippen LogP contribution >= 0.6 is 0 Å². The molecule has 0 bridgehead atoms. The van der Waals surface area contributed by atoms with Gasteiger partial charge in [0.1, 0.15) is 5.82 Å². The zero-order valence-corrected chi connectivity index (χ0v) is 16.7. The van der Waals surface area contributed by atoms with Crippen molar-refractivity contribution in [1.82, 2.24) is 19.9 Å². The van der Waals surface area contributed by atoms with Crippen molar-refractivity contribution in [2.45, 2.75) is 38.3 Å². The van der Waals surface area contributed by atoms with Crippen molar-refractivity contribution in [2.75, 3.05) is 5.32 Å². The van der Waals surface area contributed by atoms with Crippen LogP contribution in [0.1, 0.15) is 37.2 Å². The van der Waals surface area contributed by atoms with Crippen molar-refractivity contribution in [2.24, 2.45) is 0 Å². The van der Waals surface area contributed by atoms with E-state index in [1.54, 1.807) is 45.9 Å². The van der Waals surface area contributed by atoms with Gasteiger partial charge in [0.15, 0.2) is 11.6 Å². The van der Waals surface area contributed by atoms with Crippen molar-refractivity contribution >= 4 is 21.6 Å². The summed E-state index contributed by atoms with van der Waals surface area (Å²) in [7, 11) is -3.86. The van der Waals surface area contributed by atoms with Crippen molar-refractivity contribution in [3.63, 3.8) is 0 Å². The van der Waals surface area contributed by atoms with Gasteiger partial charge in [0.05, 0.1) is 0 Å². The smallest absolute Gasteiger partial charge is 0.291 e. The number of aryl methyl sites for hydroxylation is 1. The number of hydrogen-bond donors (Lipinski definition) is 3. The molecule has 0 spiro atoms. The number of benzene rings is 1. The van der Waals surface area contributed by atoms with E-state index >= 15 is 0 Å². The molecule has 9 nitrogen and oxygen atoms in total. The number of aromatic nitrogens is 3. The third kappa shape index (κ3) is 4.65. The van der Waals surface area contributed by atoms with Gasteiger partial charge in [-0.3, -0.25) is 9.89 Å². The molecule has 0 fully saturated rings. The lowest BCUT2D eigenvalue weighted by molar-refractivity contribution is 0.0991. The van der Waals surface area contributed by atoms with Crippen LogP contribution in [0.15, 0.2) is 45.9 Å². The Morgan fingerprint density at radius 1 is 1.18 bits per heavy atom. The summed E-state index contributed by atoms with van der Waals surface area (Å²) in [6.07, 6.45) is 0. The van der Waals surface area contributed by atoms with E-state index in [1.807, 2.05) is 6.07 Å². The van der Waals surface area contributed by atoms with E-state index in [2.05, 4.69) is 25.2 Å². The van der Waals surface area contributed by atoms with E-state index < -0.39 is 21.5 Å². The summed E-state index contributed by atoms with van der Waals surface area (Å²) < 4.78 is 32.3. The first kappa shape index (κ1) is 19.8. The number of furan rings is 1. The number of carbonyl (C=O) groups excluding carboxylic acids is 1. The summed E-state index contributed by atoms with van der Waals surface area (Å²) in [6.45, 7) is 6.93. The highest BCUT2D eigenvalue weighted by Gasteiger charge is 2.26. The van der Waals surface area contributed by atoms with Gasteiger partial charge in [-0.2, -0.15) is 5.10 Å². The van der Waals surface area contributed by atoms with Crippen molar-refractivity contribution < 1.29 is 17.6 Å². The van der Waals surface area contributed by atoms with E-state index in [0.717, 1.165) is 5.56 Å². The van der Waals surface area contributed by atoms with Crippen LogP contribution < -0.4 is 10.0 Å². The molecule has 0 atom stereocenters. The lowest BCUT2D eigenvalue weighted by atomic mass is 10.1. The predicted molar refractivity (Wildman–Crippen MR) is 103 cm³/mol. The summed E-state index contributed by atoms with van der Waals surface area (Å²) in [5.74, 6) is 0.500. The fraction of sp³-hybridized carbons (Fsp3) is 0.278. The summed E-state index contributed by atoms with van der Waals surface area (Å²) in [5.41, 5.74) is 0.547. The Morgan fingerprint density at radius 3 is 2.57 bits per heavy atom. The van der Waals surface area contributed by atoms with Crippen LogP contribution in [0.2, 0.25) is 0 Å². The molecule has 0 unspecified atom stereocenters. The van der Waals surface area contributed by atoms with E-state index in [1.165, 1.54) is 12.1 Å². The quantitative estimate of drug-likeness (QED) is 0.600. The first-order chi connectivity index (χ1) is 13.0. The van der Waals surface area contributed by atoms with E-state index in [4.69, 9.17) is 4.42 Å². The Balaban J connectivity index is 1.77. The molecular weight excluding hydrogens is 382 g/mol. The van der Waals surface area contributed by atoms with E-state index in [-0.39, 0.29) is 10.9 Å². The van der Waals surface area contributed by atoms with Crippen LogP contribution in [0, 0.1) is 6.92 Å². The van der Waals surface area contributed by atoms with Crippen LogP contribution in [0.25, 0.3) is 11.4 Å². The topological polar surface area (TPSA) is 130 Å². The molecule has 3 aromatic rings. The maximum atomic E-state index is 12.4. The largest absolute Gasteiger partial charge is 0.438 e. The second-order valence-electron chi connectivity index (χ2n) is 7.25. The number of sulfonamides is 1. The summed E-state index contributed by atoms with van der Waals surface area (Å²) in [5, 5.41) is 9.20. The maximum absolute atomic E-state index is 12.4. The van der Waals surface area contributed by atoms with Gasteiger partial charge >= 0.3 is 0 Å². The fourth-order valence-electron chi connectivity index (χ4n) is 2.44. The summed E-state index contributed by atoms with van der Waals surface area (Å²) >= 11 is 0. The number of amides is 1. The molecule has 148 valence electrons. The minimum atomic E-state index is -3.86. The number of nitrogens with one attached hydrogen (secondary N) is 3. The third-order valence-corrected chi connectivity index (χ3v) is 5.12. The number of hydrogen-bond acceptors (Lipinski definition) is 6. The Hall–Kier alpha value is -2.98. The molecule has 0 aliphatic rings. The molecule has 0 aliphatic carbocycles. The molecule has 1 amide bonds. The Morgan fingerprint density at radius 2 is 1.93 bits per heavy atom. The second-order valence-corrected chi connectivity index (χ2v) is 8.87. The third-order valence-electron chi connectivity index (χ3n) is 3.49. The lowest BCUT2D eigenvalue weighted by Crippen LogP contribution is -2.40. The minimum Gasteiger partial charge on any atom is -0.438 e. The predicted octanol–water partition coefficient (Wildman–Crippen LogP) is 2.70. The number of carbonyl (C=O) groups is 1. The molecule has 3 rings (SSSR count). The van der Waals surface area contributed by atoms with Gasteiger partial charge in [0.25, 0.3) is 15.9 Å². The normalized spacial score (nSPS) is 12.1. The zero-order valence-electron chi connectivity index (χ0n) is 15.9. The van der Waals surface area contributed by atoms with Crippen LogP contribution in [0.3, 0.4) is 0 Å². The van der Waals surface area contributed by atoms with Crippen LogP contribution in [0.4, 0.5) is 5.69 Å². The second kappa shape index (κ2) is 7.21. The average Bonchev–Trinajstić information content (AvgIpc) is 3.22. The van der Waals surface area contributed by atoms with Crippen LogP contribution in [-0.4, -0.2) is 35.0 Å². The van der Waals surface area contributed by atoms with Gasteiger partial charge in [-0.25, -0.2) is 18.1 Å². The van der Waals surface area contributed by atoms with Gasteiger partial charge in [0, 0.05) is 16.8 Å². The Kier molecular flexibility index (Phi) is 5.09. The van der Waals surface area contributed by atoms with E-state index in [9.17, 15) is 13.2 Å². The molecule has 3 N–H and O–H groups in total. The molecule has 0 saturated carbocycles. The van der Waals surface area contributed by atoms with Gasteiger partial charge in [-0.15, -0.1) is 0 Å². The molecule has 0 aliphatic heterocycles. The number of aromatic amines is 1. The first-order valence-corrected chi connectivity index (χ1v) is 9.96. The number of H-pyrrole nitrogens is 1. The van der Waals surface area contributed by atoms with Gasteiger partial charge < -0.3 is 9.73 Å². The van der Waals surface area contributed by atoms with Crippen molar-refractivity contribution in [1.29, 1.82) is 0 Å².